The van der Waals surface area contributed by atoms with E-state index in [2.05, 4.69) is 4.72 Å². The monoisotopic (exact) mass is 405 g/mol. The van der Waals surface area contributed by atoms with Crippen LogP contribution in [0.2, 0.25) is 0 Å². The van der Waals surface area contributed by atoms with Crippen molar-refractivity contribution in [3.8, 4) is 0 Å². The molecule has 0 atom stereocenters. The average molecular weight is 405 g/mol. The normalized spacial score (nSPS) is 13.6. The first-order valence-electron chi connectivity index (χ1n) is 8.44. The van der Waals surface area contributed by atoms with Crippen molar-refractivity contribution in [1.82, 2.24) is 4.90 Å². The molecule has 1 heterocycles. The molecular formula is C18H19N3O6S. The smallest absolute Gasteiger partial charge is 0.409 e. The molecule has 1 aliphatic rings. The molecule has 1 amide bonds. The molecule has 0 saturated carbocycles. The maximum absolute atomic E-state index is 12.8. The van der Waals surface area contributed by atoms with E-state index >= 15 is 0 Å². The van der Waals surface area contributed by atoms with Crippen molar-refractivity contribution in [1.29, 1.82) is 0 Å². The van der Waals surface area contributed by atoms with Gasteiger partial charge in [0.15, 0.2) is 0 Å². The maximum Gasteiger partial charge on any atom is 0.409 e. The van der Waals surface area contributed by atoms with Crippen LogP contribution in [0.5, 0.6) is 0 Å². The minimum Gasteiger partial charge on any atom is -0.453 e. The first kappa shape index (κ1) is 19.6. The van der Waals surface area contributed by atoms with Crippen LogP contribution in [0.1, 0.15) is 16.7 Å². The van der Waals surface area contributed by atoms with Crippen LogP contribution in [0.25, 0.3) is 0 Å². The number of ether oxygens (including phenoxy) is 1. The Bertz CT molecular complexity index is 1050. The highest BCUT2D eigenvalue weighted by Crippen LogP contribution is 2.27. The summed E-state index contributed by atoms with van der Waals surface area (Å²) in [7, 11) is -2.71. The lowest BCUT2D eigenvalue weighted by Crippen LogP contribution is -2.35. The standard InChI is InChI=1S/C18H19N3O6S/c1-12-3-6-16(21(23)24)10-17(12)28(25,26)19-15-5-4-13-7-8-20(18(22)27-2)11-14(13)9-15/h3-6,9-10,19H,7-8,11H2,1-2H3. The molecular weight excluding hydrogens is 386 g/mol. The van der Waals surface area contributed by atoms with Gasteiger partial charge in [-0.2, -0.15) is 0 Å². The van der Waals surface area contributed by atoms with Crippen molar-refractivity contribution in [2.75, 3.05) is 18.4 Å². The maximum atomic E-state index is 12.8. The Kier molecular flexibility index (Phi) is 5.23. The number of aryl methyl sites for hydroxylation is 1. The quantitative estimate of drug-likeness (QED) is 0.617. The summed E-state index contributed by atoms with van der Waals surface area (Å²) >= 11 is 0. The number of amides is 1. The summed E-state index contributed by atoms with van der Waals surface area (Å²) < 4.78 is 32.7. The number of fused-ring (bicyclic) bond motifs is 1. The van der Waals surface area contributed by atoms with Crippen LogP contribution < -0.4 is 4.72 Å². The number of hydrogen-bond donors (Lipinski definition) is 1. The number of rotatable bonds is 4. The number of nitrogens with one attached hydrogen (secondary N) is 1. The number of hydrogen-bond acceptors (Lipinski definition) is 6. The first-order valence-corrected chi connectivity index (χ1v) is 9.92. The van der Waals surface area contributed by atoms with E-state index in [0.717, 1.165) is 17.2 Å². The zero-order valence-electron chi connectivity index (χ0n) is 15.3. The van der Waals surface area contributed by atoms with E-state index in [0.29, 0.717) is 30.8 Å². The van der Waals surface area contributed by atoms with Crippen LogP contribution in [-0.2, 0) is 27.7 Å². The number of carbonyl (C=O) groups excluding carboxylic acids is 1. The first-order chi connectivity index (χ1) is 13.2. The second-order valence-electron chi connectivity index (χ2n) is 6.44. The summed E-state index contributed by atoms with van der Waals surface area (Å²) in [6, 6.07) is 8.80. The van der Waals surface area contributed by atoms with E-state index in [-0.39, 0.29) is 10.6 Å². The number of non-ortho nitro benzene ring substituents is 1. The highest BCUT2D eigenvalue weighted by Gasteiger charge is 2.24. The van der Waals surface area contributed by atoms with E-state index in [1.807, 2.05) is 6.07 Å². The largest absolute Gasteiger partial charge is 0.453 e. The van der Waals surface area contributed by atoms with E-state index < -0.39 is 21.0 Å². The summed E-state index contributed by atoms with van der Waals surface area (Å²) in [5, 5.41) is 11.0. The average Bonchev–Trinajstić information content (AvgIpc) is 2.66. The fourth-order valence-electron chi connectivity index (χ4n) is 3.11. The van der Waals surface area contributed by atoms with Gasteiger partial charge >= 0.3 is 6.09 Å². The van der Waals surface area contributed by atoms with Gasteiger partial charge in [0, 0.05) is 30.9 Å². The van der Waals surface area contributed by atoms with Crippen molar-refractivity contribution in [3.63, 3.8) is 0 Å². The molecule has 0 saturated heterocycles. The molecule has 1 N–H and O–H groups in total. The van der Waals surface area contributed by atoms with Gasteiger partial charge in [0.2, 0.25) is 0 Å². The van der Waals surface area contributed by atoms with Gasteiger partial charge in [0.1, 0.15) is 0 Å². The van der Waals surface area contributed by atoms with Crippen molar-refractivity contribution >= 4 is 27.5 Å². The van der Waals surface area contributed by atoms with Crippen molar-refractivity contribution in [2.45, 2.75) is 24.8 Å². The fraction of sp³-hybridized carbons (Fsp3) is 0.278. The van der Waals surface area contributed by atoms with Crippen molar-refractivity contribution < 1.29 is 22.9 Å². The van der Waals surface area contributed by atoms with Gasteiger partial charge in [-0.15, -0.1) is 0 Å². The number of nitro benzene ring substituents is 1. The number of sulfonamides is 1. The number of nitrogens with zero attached hydrogens (tertiary/aromatic N) is 2. The zero-order chi connectivity index (χ0) is 20.5. The Morgan fingerprint density at radius 1 is 1.21 bits per heavy atom. The highest BCUT2D eigenvalue weighted by atomic mass is 32.2. The zero-order valence-corrected chi connectivity index (χ0v) is 16.2. The lowest BCUT2D eigenvalue weighted by molar-refractivity contribution is -0.385. The van der Waals surface area contributed by atoms with Gasteiger partial charge in [0.05, 0.1) is 16.9 Å². The Morgan fingerprint density at radius 2 is 1.96 bits per heavy atom. The lowest BCUT2D eigenvalue weighted by Gasteiger charge is -2.28. The van der Waals surface area contributed by atoms with Gasteiger partial charge in [-0.3, -0.25) is 14.8 Å². The van der Waals surface area contributed by atoms with E-state index in [4.69, 9.17) is 4.74 Å². The minimum atomic E-state index is -4.02. The third kappa shape index (κ3) is 3.91. The molecule has 2 aromatic carbocycles. The van der Waals surface area contributed by atoms with Crippen LogP contribution in [0.15, 0.2) is 41.3 Å². The summed E-state index contributed by atoms with van der Waals surface area (Å²) in [6.07, 6.45) is 0.199. The summed E-state index contributed by atoms with van der Waals surface area (Å²) in [5.74, 6) is 0. The molecule has 0 aromatic heterocycles. The molecule has 2 aromatic rings. The Morgan fingerprint density at radius 3 is 2.64 bits per heavy atom. The fourth-order valence-corrected chi connectivity index (χ4v) is 4.42. The summed E-state index contributed by atoms with van der Waals surface area (Å²) in [4.78, 5) is 23.4. The van der Waals surface area contributed by atoms with E-state index in [1.54, 1.807) is 19.1 Å². The van der Waals surface area contributed by atoms with Gasteiger partial charge in [-0.05, 0) is 42.2 Å². The van der Waals surface area contributed by atoms with Crippen LogP contribution in [0.4, 0.5) is 16.2 Å². The molecule has 28 heavy (non-hydrogen) atoms. The van der Waals surface area contributed by atoms with E-state index in [1.165, 1.54) is 24.1 Å². The topological polar surface area (TPSA) is 119 Å². The summed E-state index contributed by atoms with van der Waals surface area (Å²) in [6.45, 7) is 2.41. The van der Waals surface area contributed by atoms with Crippen molar-refractivity contribution in [2.24, 2.45) is 0 Å². The molecule has 0 unspecified atom stereocenters. The third-order valence-corrected chi connectivity index (χ3v) is 6.10. The molecule has 0 bridgehead atoms. The number of methoxy groups -OCH3 is 1. The van der Waals surface area contributed by atoms with Gasteiger partial charge in [0.25, 0.3) is 15.7 Å². The number of carbonyl (C=O) groups is 1. The molecule has 0 spiro atoms. The molecule has 9 nitrogen and oxygen atoms in total. The Labute approximate surface area is 162 Å². The molecule has 0 aliphatic carbocycles. The molecule has 10 heteroatoms. The molecule has 0 fully saturated rings. The van der Waals surface area contributed by atoms with Gasteiger partial charge in [-0.25, -0.2) is 13.2 Å². The Balaban J connectivity index is 1.89. The van der Waals surface area contributed by atoms with Crippen LogP contribution in [0, 0.1) is 17.0 Å². The number of benzene rings is 2. The van der Waals surface area contributed by atoms with Gasteiger partial charge in [-0.1, -0.05) is 12.1 Å². The highest BCUT2D eigenvalue weighted by molar-refractivity contribution is 7.92. The van der Waals surface area contributed by atoms with Crippen LogP contribution in [-0.4, -0.2) is 38.0 Å². The molecule has 0 radical (unpaired) electrons. The summed E-state index contributed by atoms with van der Waals surface area (Å²) in [5.41, 5.74) is 2.25. The SMILES string of the molecule is COC(=O)N1CCc2ccc(NS(=O)(=O)c3cc([N+](=O)[O-])ccc3C)cc2C1. The third-order valence-electron chi connectivity index (χ3n) is 4.58. The second kappa shape index (κ2) is 7.47. The number of anilines is 1. The predicted octanol–water partition coefficient (Wildman–Crippen LogP) is 2.83. The van der Waals surface area contributed by atoms with Gasteiger partial charge < -0.3 is 9.64 Å². The molecule has 3 rings (SSSR count). The molecule has 148 valence electrons. The van der Waals surface area contributed by atoms with E-state index in [9.17, 15) is 23.3 Å². The molecule has 1 aliphatic heterocycles. The Hall–Kier alpha value is -3.14. The van der Waals surface area contributed by atoms with Crippen molar-refractivity contribution in [3.05, 3.63) is 63.2 Å². The van der Waals surface area contributed by atoms with Crippen LogP contribution in [0.3, 0.4) is 0 Å². The second-order valence-corrected chi connectivity index (χ2v) is 8.09. The lowest BCUT2D eigenvalue weighted by atomic mass is 9.99. The minimum absolute atomic E-state index is 0.157. The van der Waals surface area contributed by atoms with Crippen LogP contribution >= 0.6 is 0 Å². The predicted molar refractivity (Wildman–Crippen MR) is 102 cm³/mol. The number of nitro groups is 1.